The van der Waals surface area contributed by atoms with E-state index < -0.39 is 0 Å². The van der Waals surface area contributed by atoms with Crippen molar-refractivity contribution in [2.45, 2.75) is 16.7 Å². The van der Waals surface area contributed by atoms with Crippen molar-refractivity contribution in [2.75, 3.05) is 0 Å². The molecule has 0 heterocycles. The van der Waals surface area contributed by atoms with E-state index in [-0.39, 0.29) is 5.84 Å². The molecule has 3 heteroatoms. The van der Waals surface area contributed by atoms with E-state index in [0.29, 0.717) is 0 Å². The van der Waals surface area contributed by atoms with E-state index in [1.54, 1.807) is 11.8 Å². The Kier molecular flexibility index (Phi) is 3.49. The number of aryl methyl sites for hydroxylation is 1. The lowest BCUT2D eigenvalue weighted by molar-refractivity contribution is 1.32. The first-order chi connectivity index (χ1) is 8.16. The Hall–Kier alpha value is -1.74. The van der Waals surface area contributed by atoms with Crippen LogP contribution in [0, 0.1) is 12.3 Å². The Bertz CT molecular complexity index is 549. The number of hydrogen-bond acceptors (Lipinski definition) is 2. The maximum atomic E-state index is 7.55. The van der Waals surface area contributed by atoms with Crippen LogP contribution in [0.25, 0.3) is 0 Å². The number of nitrogens with one attached hydrogen (secondary N) is 1. The number of benzene rings is 2. The topological polar surface area (TPSA) is 49.9 Å². The molecule has 0 aliphatic heterocycles. The average Bonchev–Trinajstić information content (AvgIpc) is 2.29. The van der Waals surface area contributed by atoms with Crippen LogP contribution in [0.3, 0.4) is 0 Å². The molecule has 2 aromatic rings. The van der Waals surface area contributed by atoms with Gasteiger partial charge in [0.1, 0.15) is 5.84 Å². The third-order valence-corrected chi connectivity index (χ3v) is 3.46. The van der Waals surface area contributed by atoms with Gasteiger partial charge in [-0.25, -0.2) is 0 Å². The van der Waals surface area contributed by atoms with Gasteiger partial charge in [-0.2, -0.15) is 0 Å². The van der Waals surface area contributed by atoms with Gasteiger partial charge in [0.15, 0.2) is 0 Å². The predicted octanol–water partition coefficient (Wildman–Crippen LogP) is 3.43. The van der Waals surface area contributed by atoms with Gasteiger partial charge in [-0.05, 0) is 25.1 Å². The van der Waals surface area contributed by atoms with E-state index in [4.69, 9.17) is 11.1 Å². The first-order valence-corrected chi connectivity index (χ1v) is 6.16. The van der Waals surface area contributed by atoms with E-state index in [0.717, 1.165) is 10.5 Å². The van der Waals surface area contributed by atoms with Gasteiger partial charge in [0, 0.05) is 15.4 Å². The second-order valence-corrected chi connectivity index (χ2v) is 4.94. The highest BCUT2D eigenvalue weighted by atomic mass is 32.2. The standard InChI is InChI=1S/C14H14N2S/c1-10-5-4-6-11(9-10)17-13-8-3-2-7-12(13)14(15)16/h2-9H,1H3,(H3,15,16). The quantitative estimate of drug-likeness (QED) is 0.640. The van der Waals surface area contributed by atoms with Crippen molar-refractivity contribution >= 4 is 17.6 Å². The van der Waals surface area contributed by atoms with Crippen LogP contribution in [0.2, 0.25) is 0 Å². The van der Waals surface area contributed by atoms with Crippen molar-refractivity contribution in [1.29, 1.82) is 5.41 Å². The molecule has 17 heavy (non-hydrogen) atoms. The van der Waals surface area contributed by atoms with Gasteiger partial charge in [0.2, 0.25) is 0 Å². The second kappa shape index (κ2) is 5.06. The molecule has 3 N–H and O–H groups in total. The zero-order valence-corrected chi connectivity index (χ0v) is 10.4. The zero-order valence-electron chi connectivity index (χ0n) is 9.60. The first-order valence-electron chi connectivity index (χ1n) is 5.35. The maximum absolute atomic E-state index is 7.55. The van der Waals surface area contributed by atoms with Crippen molar-refractivity contribution < 1.29 is 0 Å². The van der Waals surface area contributed by atoms with Crippen molar-refractivity contribution in [3.63, 3.8) is 0 Å². The summed E-state index contributed by atoms with van der Waals surface area (Å²) >= 11 is 1.64. The summed E-state index contributed by atoms with van der Waals surface area (Å²) < 4.78 is 0. The SMILES string of the molecule is Cc1cccc(Sc2ccccc2C(=N)N)c1. The number of hydrogen-bond donors (Lipinski definition) is 2. The molecular weight excluding hydrogens is 228 g/mol. The van der Waals surface area contributed by atoms with E-state index in [1.807, 2.05) is 30.3 Å². The number of rotatable bonds is 3. The number of amidine groups is 1. The summed E-state index contributed by atoms with van der Waals surface area (Å²) in [6.45, 7) is 2.07. The third-order valence-electron chi connectivity index (χ3n) is 2.39. The summed E-state index contributed by atoms with van der Waals surface area (Å²) in [7, 11) is 0. The van der Waals surface area contributed by atoms with Gasteiger partial charge in [0.05, 0.1) is 0 Å². The van der Waals surface area contributed by atoms with Crippen LogP contribution >= 0.6 is 11.8 Å². The van der Waals surface area contributed by atoms with Crippen molar-refractivity contribution in [3.8, 4) is 0 Å². The van der Waals surface area contributed by atoms with Gasteiger partial charge in [-0.15, -0.1) is 0 Å². The van der Waals surface area contributed by atoms with Crippen molar-refractivity contribution in [2.24, 2.45) is 5.73 Å². The smallest absolute Gasteiger partial charge is 0.123 e. The molecule has 0 fully saturated rings. The lowest BCUT2D eigenvalue weighted by Gasteiger charge is -2.07. The fourth-order valence-electron chi connectivity index (χ4n) is 1.58. The molecule has 2 rings (SSSR count). The summed E-state index contributed by atoms with van der Waals surface area (Å²) in [5, 5.41) is 7.55. The maximum Gasteiger partial charge on any atom is 0.123 e. The van der Waals surface area contributed by atoms with E-state index in [9.17, 15) is 0 Å². The van der Waals surface area contributed by atoms with Crippen molar-refractivity contribution in [3.05, 3.63) is 59.7 Å². The molecular formula is C14H14N2S. The first kappa shape index (κ1) is 11.7. The van der Waals surface area contributed by atoms with Crippen LogP contribution in [-0.2, 0) is 0 Å². The summed E-state index contributed by atoms with van der Waals surface area (Å²) in [4.78, 5) is 2.18. The van der Waals surface area contributed by atoms with E-state index in [1.165, 1.54) is 10.5 Å². The van der Waals surface area contributed by atoms with Crippen LogP contribution < -0.4 is 5.73 Å². The Morgan fingerprint density at radius 2 is 1.88 bits per heavy atom. The summed E-state index contributed by atoms with van der Waals surface area (Å²) in [5.74, 6) is 0.112. The monoisotopic (exact) mass is 242 g/mol. The lowest BCUT2D eigenvalue weighted by Crippen LogP contribution is -2.11. The van der Waals surface area contributed by atoms with Gasteiger partial charge >= 0.3 is 0 Å². The molecule has 0 saturated carbocycles. The van der Waals surface area contributed by atoms with Gasteiger partial charge < -0.3 is 5.73 Å². The molecule has 86 valence electrons. The largest absolute Gasteiger partial charge is 0.384 e. The normalized spacial score (nSPS) is 10.2. The zero-order chi connectivity index (χ0) is 12.3. The number of nitrogens with two attached hydrogens (primary N) is 1. The Labute approximate surface area is 105 Å². The number of nitrogen functional groups attached to an aromatic ring is 1. The van der Waals surface area contributed by atoms with Crippen LogP contribution in [0.4, 0.5) is 0 Å². The van der Waals surface area contributed by atoms with Crippen LogP contribution in [-0.4, -0.2) is 5.84 Å². The molecule has 0 atom stereocenters. The predicted molar refractivity (Wildman–Crippen MR) is 72.8 cm³/mol. The molecule has 0 spiro atoms. The van der Waals surface area contributed by atoms with E-state index in [2.05, 4.69) is 25.1 Å². The second-order valence-electron chi connectivity index (χ2n) is 3.83. The Morgan fingerprint density at radius 1 is 1.12 bits per heavy atom. The molecule has 2 aromatic carbocycles. The molecule has 0 amide bonds. The fourth-order valence-corrected chi connectivity index (χ4v) is 2.66. The van der Waals surface area contributed by atoms with Crippen LogP contribution in [0.1, 0.15) is 11.1 Å². The molecule has 0 aromatic heterocycles. The van der Waals surface area contributed by atoms with Crippen molar-refractivity contribution in [1.82, 2.24) is 0 Å². The lowest BCUT2D eigenvalue weighted by atomic mass is 10.2. The molecule has 0 saturated heterocycles. The molecule has 0 aliphatic rings. The van der Waals surface area contributed by atoms with Gasteiger partial charge in [-0.1, -0.05) is 47.7 Å². The minimum atomic E-state index is 0.112. The molecule has 0 aliphatic carbocycles. The minimum absolute atomic E-state index is 0.112. The van der Waals surface area contributed by atoms with Gasteiger partial charge in [-0.3, -0.25) is 5.41 Å². The summed E-state index contributed by atoms with van der Waals surface area (Å²) in [6.07, 6.45) is 0. The average molecular weight is 242 g/mol. The third kappa shape index (κ3) is 2.88. The Morgan fingerprint density at radius 3 is 2.59 bits per heavy atom. The molecule has 2 nitrogen and oxygen atoms in total. The highest BCUT2D eigenvalue weighted by molar-refractivity contribution is 7.99. The van der Waals surface area contributed by atoms with Crippen LogP contribution in [0.5, 0.6) is 0 Å². The van der Waals surface area contributed by atoms with Gasteiger partial charge in [0.25, 0.3) is 0 Å². The van der Waals surface area contributed by atoms with Crippen LogP contribution in [0.15, 0.2) is 58.3 Å². The fraction of sp³-hybridized carbons (Fsp3) is 0.0714. The highest BCUT2D eigenvalue weighted by Crippen LogP contribution is 2.30. The summed E-state index contributed by atoms with van der Waals surface area (Å²) in [6, 6.07) is 16.0. The molecule has 0 bridgehead atoms. The Balaban J connectivity index is 2.33. The minimum Gasteiger partial charge on any atom is -0.384 e. The summed E-state index contributed by atoms with van der Waals surface area (Å²) in [5.41, 5.74) is 7.59. The highest BCUT2D eigenvalue weighted by Gasteiger charge is 2.05. The molecule has 0 radical (unpaired) electrons. The van der Waals surface area contributed by atoms with E-state index >= 15 is 0 Å². The molecule has 0 unspecified atom stereocenters.